The van der Waals surface area contributed by atoms with Crippen molar-refractivity contribution < 1.29 is 26.3 Å². The van der Waals surface area contributed by atoms with Crippen molar-refractivity contribution in [3.63, 3.8) is 0 Å². The number of fused-ring (bicyclic) bond motifs is 6. The van der Waals surface area contributed by atoms with Crippen molar-refractivity contribution in [3.8, 4) is 67.0 Å². The van der Waals surface area contributed by atoms with Crippen LogP contribution in [0.15, 0.2) is 206 Å². The van der Waals surface area contributed by atoms with Gasteiger partial charge in [0.25, 0.3) is 0 Å². The molecule has 0 radical (unpaired) electrons. The second-order valence-corrected chi connectivity index (χ2v) is 19.3. The number of hydrogen-bond donors (Lipinski definition) is 0. The maximum absolute atomic E-state index is 16.1. The summed E-state index contributed by atoms with van der Waals surface area (Å²) < 4.78 is 95.6. The molecule has 74 heavy (non-hydrogen) atoms. The van der Waals surface area contributed by atoms with Gasteiger partial charge in [0.15, 0.2) is 0 Å². The summed E-state index contributed by atoms with van der Waals surface area (Å²) in [7, 11) is 0. The summed E-state index contributed by atoms with van der Waals surface area (Å²) in [5.74, 6) is 0. The van der Waals surface area contributed by atoms with Crippen LogP contribution in [0.2, 0.25) is 0 Å². The zero-order valence-electron chi connectivity index (χ0n) is 40.8. The van der Waals surface area contributed by atoms with E-state index in [9.17, 15) is 13.2 Å². The number of halogens is 6. The number of benzene rings is 10. The fourth-order valence-electron chi connectivity index (χ4n) is 11.1. The van der Waals surface area contributed by atoms with Gasteiger partial charge in [0.05, 0.1) is 44.6 Å². The number of aromatic nitrogens is 2. The highest BCUT2D eigenvalue weighted by atomic mass is 19.4. The average Bonchev–Trinajstić information content (AvgIpc) is 3.94. The van der Waals surface area contributed by atoms with Gasteiger partial charge in [0.2, 0.25) is 0 Å². The minimum Gasteiger partial charge on any atom is -0.307 e. The van der Waals surface area contributed by atoms with Crippen LogP contribution in [0.25, 0.3) is 111 Å². The van der Waals surface area contributed by atoms with Crippen molar-refractivity contribution in [2.75, 3.05) is 0 Å². The molecule has 0 fully saturated rings. The Morgan fingerprint density at radius 2 is 0.608 bits per heavy atom. The van der Waals surface area contributed by atoms with E-state index in [0.717, 1.165) is 113 Å². The number of aryl methyl sites for hydroxylation is 4. The molecule has 0 atom stereocenters. The summed E-state index contributed by atoms with van der Waals surface area (Å²) in [6.45, 7) is 8.22. The molecule has 12 aromatic rings. The summed E-state index contributed by atoms with van der Waals surface area (Å²) in [5, 5.41) is 3.36. The van der Waals surface area contributed by atoms with Gasteiger partial charge >= 0.3 is 12.4 Å². The Kier molecular flexibility index (Phi) is 11.0. The maximum Gasteiger partial charge on any atom is 0.417 e. The lowest BCUT2D eigenvalue weighted by molar-refractivity contribution is -0.137. The maximum atomic E-state index is 16.1. The van der Waals surface area contributed by atoms with E-state index >= 15 is 13.2 Å². The zero-order chi connectivity index (χ0) is 51.2. The van der Waals surface area contributed by atoms with E-state index < -0.39 is 23.5 Å². The third-order valence-electron chi connectivity index (χ3n) is 14.8. The third-order valence-corrected chi connectivity index (χ3v) is 14.8. The molecular weight excluding hydrogens is 935 g/mol. The molecule has 12 rings (SSSR count). The van der Waals surface area contributed by atoms with Crippen molar-refractivity contribution >= 4 is 43.6 Å². The van der Waals surface area contributed by atoms with Crippen molar-refractivity contribution in [2.45, 2.75) is 40.0 Å². The molecule has 2 nitrogen and oxygen atoms in total. The van der Waals surface area contributed by atoms with Crippen LogP contribution in [-0.4, -0.2) is 9.13 Å². The van der Waals surface area contributed by atoms with E-state index in [4.69, 9.17) is 0 Å². The molecule has 0 saturated carbocycles. The van der Waals surface area contributed by atoms with Gasteiger partial charge in [0.1, 0.15) is 0 Å². The minimum absolute atomic E-state index is 0.199. The van der Waals surface area contributed by atoms with Crippen LogP contribution in [0.4, 0.5) is 26.3 Å². The molecule has 0 aliphatic heterocycles. The van der Waals surface area contributed by atoms with E-state index in [1.165, 1.54) is 12.1 Å². The second kappa shape index (κ2) is 17.6. The molecule has 0 unspecified atom stereocenters. The zero-order valence-corrected chi connectivity index (χ0v) is 40.8. The van der Waals surface area contributed by atoms with Crippen molar-refractivity contribution in [1.82, 2.24) is 9.13 Å². The number of hydrogen-bond acceptors (Lipinski definition) is 0. The molecule has 362 valence electrons. The van der Waals surface area contributed by atoms with Crippen LogP contribution in [-0.2, 0) is 12.4 Å². The quantitative estimate of drug-likeness (QED) is 0.141. The van der Waals surface area contributed by atoms with Gasteiger partial charge in [-0.05, 0) is 178 Å². The topological polar surface area (TPSA) is 9.86 Å². The minimum atomic E-state index is -4.99. The average molecular weight is 981 g/mol. The highest BCUT2D eigenvalue weighted by Gasteiger charge is 2.37. The van der Waals surface area contributed by atoms with Gasteiger partial charge in [-0.1, -0.05) is 133 Å². The largest absolute Gasteiger partial charge is 0.417 e. The predicted molar refractivity (Wildman–Crippen MR) is 291 cm³/mol. The number of rotatable bonds is 7. The van der Waals surface area contributed by atoms with Gasteiger partial charge in [-0.2, -0.15) is 26.3 Å². The molecule has 0 spiro atoms. The molecule has 0 aliphatic rings. The molecule has 8 heteroatoms. The Morgan fingerprint density at radius 1 is 0.284 bits per heavy atom. The lowest BCUT2D eigenvalue weighted by atomic mass is 9.95. The van der Waals surface area contributed by atoms with Crippen LogP contribution >= 0.6 is 0 Å². The van der Waals surface area contributed by atoms with E-state index in [2.05, 4.69) is 100 Å². The van der Waals surface area contributed by atoms with Gasteiger partial charge in [-0.25, -0.2) is 0 Å². The SMILES string of the molecule is Cc1ccccc1-c1ccc2c(c1)c1cc(-c3ccccc3C)ccc1n2-c1cc(-c2cccc(C(F)(F)F)c2)c(C(F)(F)F)cc1-n1c2ccc(-c3ccccc3C)cc2c2cc(-c3ccccc3C)ccc21. The van der Waals surface area contributed by atoms with Gasteiger partial charge in [-0.3, -0.25) is 0 Å². The molecule has 2 aromatic heterocycles. The summed E-state index contributed by atoms with van der Waals surface area (Å²) in [6, 6.07) is 63.7. The first-order chi connectivity index (χ1) is 35.6. The van der Waals surface area contributed by atoms with Gasteiger partial charge in [-0.15, -0.1) is 0 Å². The molecule has 0 saturated heterocycles. The first kappa shape index (κ1) is 46.5. The normalized spacial score (nSPS) is 12.2. The summed E-state index contributed by atoms with van der Waals surface area (Å²) in [4.78, 5) is 0. The van der Waals surface area contributed by atoms with Crippen LogP contribution in [0, 0.1) is 27.7 Å². The van der Waals surface area contributed by atoms with E-state index in [0.29, 0.717) is 27.8 Å². The number of alkyl halides is 6. The first-order valence-corrected chi connectivity index (χ1v) is 24.5. The highest BCUT2D eigenvalue weighted by molar-refractivity contribution is 6.14. The van der Waals surface area contributed by atoms with Gasteiger partial charge < -0.3 is 9.13 Å². The highest BCUT2D eigenvalue weighted by Crippen LogP contribution is 2.48. The monoisotopic (exact) mass is 980 g/mol. The smallest absolute Gasteiger partial charge is 0.307 e. The van der Waals surface area contributed by atoms with E-state index in [-0.39, 0.29) is 16.8 Å². The lowest BCUT2D eigenvalue weighted by Crippen LogP contribution is -2.12. The standard InChI is InChI=1S/C66H46F6N2/c1-39-14-5-9-20-49(39)44-24-28-59-54(33-44)55-34-45(50-21-10-6-15-40(50)2)25-29-60(55)73(59)63-37-53(43-18-13-19-48(32-43)65(67,68)69)58(66(70,71)72)38-64(63)74-61-30-26-46(51-22-11-7-16-41(51)3)35-56(61)57-36-47(27-31-62(57)74)52-23-12-8-17-42(52)4/h5-38H,1-4H3. The van der Waals surface area contributed by atoms with E-state index in [1.807, 2.05) is 106 Å². The van der Waals surface area contributed by atoms with Crippen LogP contribution in [0.1, 0.15) is 33.4 Å². The Hall–Kier alpha value is -8.62. The van der Waals surface area contributed by atoms with Crippen LogP contribution < -0.4 is 0 Å². The lowest BCUT2D eigenvalue weighted by Gasteiger charge is -2.22. The molecule has 0 aliphatic carbocycles. The fraction of sp³-hybridized carbons (Fsp3) is 0.0909. The Morgan fingerprint density at radius 3 is 0.932 bits per heavy atom. The Labute approximate surface area is 424 Å². The summed E-state index contributed by atoms with van der Waals surface area (Å²) in [5.41, 5.74) is 12.8. The molecule has 0 bridgehead atoms. The van der Waals surface area contributed by atoms with Crippen LogP contribution in [0.3, 0.4) is 0 Å². The van der Waals surface area contributed by atoms with E-state index in [1.54, 1.807) is 0 Å². The van der Waals surface area contributed by atoms with Crippen molar-refractivity contribution in [3.05, 3.63) is 240 Å². The first-order valence-electron chi connectivity index (χ1n) is 24.5. The number of nitrogens with zero attached hydrogens (tertiary/aromatic N) is 2. The third kappa shape index (κ3) is 7.84. The predicted octanol–water partition coefficient (Wildman–Crippen LogP) is 19.5. The Balaban J connectivity index is 1.24. The molecular formula is C66H46F6N2. The summed E-state index contributed by atoms with van der Waals surface area (Å²) in [6.07, 6.45) is -9.79. The fourth-order valence-corrected chi connectivity index (χ4v) is 11.1. The second-order valence-electron chi connectivity index (χ2n) is 19.3. The van der Waals surface area contributed by atoms with Crippen molar-refractivity contribution in [1.29, 1.82) is 0 Å². The molecule has 0 N–H and O–H groups in total. The molecule has 10 aromatic carbocycles. The Bertz CT molecular complexity index is 4020. The summed E-state index contributed by atoms with van der Waals surface area (Å²) >= 11 is 0. The molecule has 2 heterocycles. The van der Waals surface area contributed by atoms with Gasteiger partial charge in [0, 0.05) is 21.5 Å². The van der Waals surface area contributed by atoms with Crippen molar-refractivity contribution in [2.24, 2.45) is 0 Å². The molecule has 0 amide bonds. The van der Waals surface area contributed by atoms with Crippen LogP contribution in [0.5, 0.6) is 0 Å².